The van der Waals surface area contributed by atoms with E-state index in [1.54, 1.807) is 12.1 Å². The lowest BCUT2D eigenvalue weighted by Crippen LogP contribution is -2.25. The second-order valence-corrected chi connectivity index (χ2v) is 4.81. The lowest BCUT2D eigenvalue weighted by Gasteiger charge is -2.18. The first-order valence-electron chi connectivity index (χ1n) is 6.69. The zero-order valence-corrected chi connectivity index (χ0v) is 11.8. The fourth-order valence-corrected chi connectivity index (χ4v) is 2.05. The summed E-state index contributed by atoms with van der Waals surface area (Å²) < 4.78 is 13.1. The van der Waals surface area contributed by atoms with E-state index in [1.807, 2.05) is 24.1 Å². The fourth-order valence-electron chi connectivity index (χ4n) is 2.05. The standard InChI is InChI=1S/C17H18FNO/c1-3-13-7-9-16(10-8-13)19(2)12-17(20)14-5-4-6-15(18)11-14/h4-11H,3,12H2,1-2H3. The van der Waals surface area contributed by atoms with Gasteiger partial charge in [0, 0.05) is 18.3 Å². The minimum absolute atomic E-state index is 0.0911. The Morgan fingerprint density at radius 2 is 1.85 bits per heavy atom. The highest BCUT2D eigenvalue weighted by Crippen LogP contribution is 2.15. The number of hydrogen-bond acceptors (Lipinski definition) is 2. The molecule has 0 N–H and O–H groups in total. The van der Waals surface area contributed by atoms with Gasteiger partial charge in [-0.25, -0.2) is 4.39 Å². The van der Waals surface area contributed by atoms with Crippen LogP contribution in [0, 0.1) is 5.82 Å². The first-order chi connectivity index (χ1) is 9.60. The van der Waals surface area contributed by atoms with Crippen LogP contribution in [0.3, 0.4) is 0 Å². The molecule has 0 saturated carbocycles. The summed E-state index contributed by atoms with van der Waals surface area (Å²) in [6.45, 7) is 2.33. The van der Waals surface area contributed by atoms with Gasteiger partial charge < -0.3 is 4.90 Å². The third-order valence-corrected chi connectivity index (χ3v) is 3.31. The van der Waals surface area contributed by atoms with Crippen LogP contribution < -0.4 is 4.90 Å². The number of rotatable bonds is 5. The molecular weight excluding hydrogens is 253 g/mol. The third kappa shape index (κ3) is 3.44. The second-order valence-electron chi connectivity index (χ2n) is 4.81. The molecule has 0 aromatic heterocycles. The van der Waals surface area contributed by atoms with Crippen LogP contribution >= 0.6 is 0 Å². The van der Waals surface area contributed by atoms with Gasteiger partial charge in [-0.2, -0.15) is 0 Å². The zero-order valence-electron chi connectivity index (χ0n) is 11.8. The SMILES string of the molecule is CCc1ccc(N(C)CC(=O)c2cccc(F)c2)cc1. The molecule has 2 aromatic rings. The number of anilines is 1. The van der Waals surface area contributed by atoms with Crippen LogP contribution in [0.4, 0.5) is 10.1 Å². The molecule has 0 amide bonds. The number of Topliss-reactive ketones (excluding diaryl/α,β-unsaturated/α-hetero) is 1. The van der Waals surface area contributed by atoms with Crippen molar-refractivity contribution in [3.8, 4) is 0 Å². The number of carbonyl (C=O) groups is 1. The molecule has 3 heteroatoms. The van der Waals surface area contributed by atoms with Crippen LogP contribution in [0.1, 0.15) is 22.8 Å². The minimum Gasteiger partial charge on any atom is -0.367 e. The predicted octanol–water partition coefficient (Wildman–Crippen LogP) is 3.71. The Hall–Kier alpha value is -2.16. The highest BCUT2D eigenvalue weighted by Gasteiger charge is 2.10. The van der Waals surface area contributed by atoms with E-state index in [-0.39, 0.29) is 18.1 Å². The molecule has 0 aliphatic rings. The summed E-state index contributed by atoms with van der Waals surface area (Å²) in [5, 5.41) is 0. The Labute approximate surface area is 118 Å². The van der Waals surface area contributed by atoms with Gasteiger partial charge in [0.05, 0.1) is 6.54 Å². The van der Waals surface area contributed by atoms with Gasteiger partial charge >= 0.3 is 0 Å². The maximum absolute atomic E-state index is 13.1. The Balaban J connectivity index is 2.06. The van der Waals surface area contributed by atoms with Crippen molar-refractivity contribution >= 4 is 11.5 Å². The molecular formula is C17H18FNO. The number of halogens is 1. The lowest BCUT2D eigenvalue weighted by atomic mass is 10.1. The summed E-state index contributed by atoms with van der Waals surface area (Å²) in [5.41, 5.74) is 2.65. The quantitative estimate of drug-likeness (QED) is 0.773. The summed E-state index contributed by atoms with van der Waals surface area (Å²) in [6, 6.07) is 13.9. The first-order valence-corrected chi connectivity index (χ1v) is 6.69. The molecule has 0 atom stereocenters. The lowest BCUT2D eigenvalue weighted by molar-refractivity contribution is 0.1000. The molecule has 0 heterocycles. The largest absolute Gasteiger partial charge is 0.367 e. The van der Waals surface area contributed by atoms with Crippen LogP contribution in [0.2, 0.25) is 0 Å². The van der Waals surface area contributed by atoms with Crippen LogP contribution in [-0.4, -0.2) is 19.4 Å². The van der Waals surface area contributed by atoms with E-state index in [0.29, 0.717) is 5.56 Å². The highest BCUT2D eigenvalue weighted by atomic mass is 19.1. The van der Waals surface area contributed by atoms with Crippen LogP contribution in [0.25, 0.3) is 0 Å². The Kier molecular flexibility index (Phi) is 4.51. The van der Waals surface area contributed by atoms with Crippen molar-refractivity contribution in [3.63, 3.8) is 0 Å². The van der Waals surface area contributed by atoms with Crippen molar-refractivity contribution < 1.29 is 9.18 Å². The normalized spacial score (nSPS) is 10.3. The van der Waals surface area contributed by atoms with E-state index in [2.05, 4.69) is 19.1 Å². The van der Waals surface area contributed by atoms with E-state index in [9.17, 15) is 9.18 Å². The Morgan fingerprint density at radius 1 is 1.15 bits per heavy atom. The van der Waals surface area contributed by atoms with Crippen molar-refractivity contribution in [2.24, 2.45) is 0 Å². The number of likely N-dealkylation sites (N-methyl/N-ethyl adjacent to an activating group) is 1. The van der Waals surface area contributed by atoms with Gasteiger partial charge in [0.25, 0.3) is 0 Å². The van der Waals surface area contributed by atoms with Gasteiger partial charge in [-0.1, -0.05) is 31.2 Å². The molecule has 0 fully saturated rings. The average molecular weight is 271 g/mol. The summed E-state index contributed by atoms with van der Waals surface area (Å²) >= 11 is 0. The molecule has 2 rings (SSSR count). The van der Waals surface area contributed by atoms with Gasteiger partial charge in [0.2, 0.25) is 0 Å². The van der Waals surface area contributed by atoms with Crippen LogP contribution in [0.15, 0.2) is 48.5 Å². The topological polar surface area (TPSA) is 20.3 Å². The Morgan fingerprint density at radius 3 is 2.45 bits per heavy atom. The number of nitrogens with zero attached hydrogens (tertiary/aromatic N) is 1. The number of benzene rings is 2. The second kappa shape index (κ2) is 6.33. The maximum atomic E-state index is 13.1. The summed E-state index contributed by atoms with van der Waals surface area (Å²) in [5.74, 6) is -0.475. The first kappa shape index (κ1) is 14.3. The Bertz CT molecular complexity index is 592. The monoisotopic (exact) mass is 271 g/mol. The fraction of sp³-hybridized carbons (Fsp3) is 0.235. The van der Waals surface area contributed by atoms with Gasteiger partial charge in [-0.3, -0.25) is 4.79 Å². The molecule has 0 saturated heterocycles. The van der Waals surface area contributed by atoms with Crippen molar-refractivity contribution in [1.82, 2.24) is 0 Å². The molecule has 0 radical (unpaired) electrons. The molecule has 0 spiro atoms. The van der Waals surface area contributed by atoms with E-state index >= 15 is 0 Å². The van der Waals surface area contributed by atoms with E-state index in [0.717, 1.165) is 12.1 Å². The summed E-state index contributed by atoms with van der Waals surface area (Å²) in [4.78, 5) is 14.0. The molecule has 0 bridgehead atoms. The number of ketones is 1. The smallest absolute Gasteiger partial charge is 0.182 e. The van der Waals surface area contributed by atoms with Crippen molar-refractivity contribution in [3.05, 3.63) is 65.5 Å². The van der Waals surface area contributed by atoms with Crippen LogP contribution in [-0.2, 0) is 6.42 Å². The third-order valence-electron chi connectivity index (χ3n) is 3.31. The molecule has 0 aliphatic heterocycles. The highest BCUT2D eigenvalue weighted by molar-refractivity contribution is 5.99. The molecule has 0 unspecified atom stereocenters. The zero-order chi connectivity index (χ0) is 14.5. The summed E-state index contributed by atoms with van der Waals surface area (Å²) in [7, 11) is 1.86. The summed E-state index contributed by atoms with van der Waals surface area (Å²) in [6.07, 6.45) is 0.992. The molecule has 2 aromatic carbocycles. The molecule has 2 nitrogen and oxygen atoms in total. The van der Waals surface area contributed by atoms with E-state index in [1.165, 1.54) is 17.7 Å². The number of hydrogen-bond donors (Lipinski definition) is 0. The van der Waals surface area contributed by atoms with Crippen LogP contribution in [0.5, 0.6) is 0 Å². The molecule has 20 heavy (non-hydrogen) atoms. The van der Waals surface area contributed by atoms with Crippen molar-refractivity contribution in [1.29, 1.82) is 0 Å². The maximum Gasteiger partial charge on any atom is 0.182 e. The number of carbonyl (C=O) groups excluding carboxylic acids is 1. The predicted molar refractivity (Wildman–Crippen MR) is 79.8 cm³/mol. The van der Waals surface area contributed by atoms with Crippen molar-refractivity contribution in [2.45, 2.75) is 13.3 Å². The van der Waals surface area contributed by atoms with Gasteiger partial charge in [0.1, 0.15) is 5.82 Å². The molecule has 0 aliphatic carbocycles. The molecule has 104 valence electrons. The van der Waals surface area contributed by atoms with Gasteiger partial charge in [0.15, 0.2) is 5.78 Å². The minimum atomic E-state index is -0.384. The number of aryl methyl sites for hydroxylation is 1. The van der Waals surface area contributed by atoms with E-state index in [4.69, 9.17) is 0 Å². The van der Waals surface area contributed by atoms with Gasteiger partial charge in [-0.15, -0.1) is 0 Å². The van der Waals surface area contributed by atoms with E-state index < -0.39 is 0 Å². The van der Waals surface area contributed by atoms with Crippen molar-refractivity contribution in [2.75, 3.05) is 18.5 Å². The average Bonchev–Trinajstić information content (AvgIpc) is 2.47. The van der Waals surface area contributed by atoms with Gasteiger partial charge in [-0.05, 0) is 36.2 Å².